The van der Waals surface area contributed by atoms with Crippen LogP contribution in [0.1, 0.15) is 28.1 Å². The number of nitrogens with zero attached hydrogens (tertiary/aromatic N) is 1. The summed E-state index contributed by atoms with van der Waals surface area (Å²) in [5.41, 5.74) is 1.07. The van der Waals surface area contributed by atoms with Crippen molar-refractivity contribution in [3.05, 3.63) is 28.6 Å². The van der Waals surface area contributed by atoms with Crippen LogP contribution in [0.5, 0.6) is 5.75 Å². The van der Waals surface area contributed by atoms with E-state index in [1.54, 1.807) is 18.4 Å². The highest BCUT2D eigenvalue weighted by atomic mass is 32.1. The lowest BCUT2D eigenvalue weighted by molar-refractivity contribution is 0.0678. The van der Waals surface area contributed by atoms with Gasteiger partial charge in [0.05, 0.1) is 12.0 Å². The second-order valence-corrected chi connectivity index (χ2v) is 7.29. The van der Waals surface area contributed by atoms with Crippen molar-refractivity contribution in [1.29, 1.82) is 0 Å². The molecule has 1 saturated heterocycles. The number of carbonyl (C=O) groups excluding carboxylic acids is 1. The van der Waals surface area contributed by atoms with Crippen LogP contribution in [0.15, 0.2) is 18.2 Å². The van der Waals surface area contributed by atoms with Crippen LogP contribution in [0.2, 0.25) is 0 Å². The van der Waals surface area contributed by atoms with Crippen molar-refractivity contribution in [2.75, 3.05) is 33.8 Å². The molecule has 0 bridgehead atoms. The summed E-state index contributed by atoms with van der Waals surface area (Å²) in [5.74, 6) is 1.58. The van der Waals surface area contributed by atoms with Gasteiger partial charge >= 0.3 is 0 Å². The Morgan fingerprint density at radius 1 is 1.48 bits per heavy atom. The second-order valence-electron chi connectivity index (χ2n) is 6.24. The molecular weight excluding hydrogens is 308 g/mol. The number of amides is 1. The van der Waals surface area contributed by atoms with Gasteiger partial charge in [-0.3, -0.25) is 4.79 Å². The fourth-order valence-electron chi connectivity index (χ4n) is 3.38. The Balaban J connectivity index is 1.87. The van der Waals surface area contributed by atoms with Crippen molar-refractivity contribution >= 4 is 27.3 Å². The highest BCUT2D eigenvalue weighted by Crippen LogP contribution is 2.34. The van der Waals surface area contributed by atoms with Gasteiger partial charge in [-0.05, 0) is 68.4 Å². The van der Waals surface area contributed by atoms with Crippen LogP contribution in [0.3, 0.4) is 0 Å². The van der Waals surface area contributed by atoms with Gasteiger partial charge in [0.1, 0.15) is 5.75 Å². The molecule has 1 aromatic heterocycles. The Labute approximate surface area is 141 Å². The first-order valence-electron chi connectivity index (χ1n) is 8.15. The number of fused-ring (bicyclic) bond motifs is 1. The van der Waals surface area contributed by atoms with Gasteiger partial charge in [-0.2, -0.15) is 0 Å². The van der Waals surface area contributed by atoms with Gasteiger partial charge in [-0.25, -0.2) is 0 Å². The molecule has 3 rings (SSSR count). The van der Waals surface area contributed by atoms with Crippen molar-refractivity contribution < 1.29 is 9.53 Å². The van der Waals surface area contributed by atoms with Gasteiger partial charge in [-0.1, -0.05) is 0 Å². The first-order chi connectivity index (χ1) is 11.1. The number of ether oxygens (including phenoxy) is 1. The van der Waals surface area contributed by atoms with Gasteiger partial charge in [0, 0.05) is 17.8 Å². The summed E-state index contributed by atoms with van der Waals surface area (Å²) in [6, 6.07) is 6.02. The molecule has 1 aliphatic heterocycles. The van der Waals surface area contributed by atoms with Gasteiger partial charge in [0.2, 0.25) is 0 Å². The molecule has 1 amide bonds. The molecule has 1 aromatic carbocycles. The van der Waals surface area contributed by atoms with E-state index in [-0.39, 0.29) is 5.91 Å². The summed E-state index contributed by atoms with van der Waals surface area (Å²) in [4.78, 5) is 15.9. The van der Waals surface area contributed by atoms with Crippen molar-refractivity contribution in [3.63, 3.8) is 0 Å². The fraction of sp³-hybridized carbons (Fsp3) is 0.500. The van der Waals surface area contributed by atoms with E-state index in [0.29, 0.717) is 5.92 Å². The van der Waals surface area contributed by atoms with Crippen LogP contribution < -0.4 is 10.1 Å². The lowest BCUT2D eigenvalue weighted by atomic mass is 9.97. The Morgan fingerprint density at radius 3 is 3.04 bits per heavy atom. The normalized spacial score (nSPS) is 18.4. The molecule has 124 valence electrons. The molecule has 1 atom stereocenters. The standard InChI is InChI=1S/C18H24N2O2S/c1-12-15-9-14(22-3)6-7-16(15)23-17(12)18(21)20-8-4-5-13(11-20)10-19-2/h6-7,9,13,19H,4-5,8,10-11H2,1-3H3. The molecule has 2 aromatic rings. The van der Waals surface area contributed by atoms with E-state index in [1.165, 1.54) is 6.42 Å². The predicted octanol–water partition coefficient (Wildman–Crippen LogP) is 3.29. The van der Waals surface area contributed by atoms with Crippen molar-refractivity contribution in [1.82, 2.24) is 10.2 Å². The van der Waals surface area contributed by atoms with Crippen LogP contribution in [-0.4, -0.2) is 44.6 Å². The summed E-state index contributed by atoms with van der Waals surface area (Å²) in [5, 5.41) is 4.36. The predicted molar refractivity (Wildman–Crippen MR) is 95.7 cm³/mol. The summed E-state index contributed by atoms with van der Waals surface area (Å²) in [7, 11) is 3.65. The first kappa shape index (κ1) is 16.3. The van der Waals surface area contributed by atoms with Crippen molar-refractivity contribution in [2.45, 2.75) is 19.8 Å². The second kappa shape index (κ2) is 6.89. The number of methoxy groups -OCH3 is 1. The smallest absolute Gasteiger partial charge is 0.264 e. The monoisotopic (exact) mass is 332 g/mol. The van der Waals surface area contributed by atoms with Gasteiger partial charge in [-0.15, -0.1) is 11.3 Å². The topological polar surface area (TPSA) is 41.6 Å². The fourth-order valence-corrected chi connectivity index (χ4v) is 4.54. The SMILES string of the molecule is CNCC1CCCN(C(=O)c2sc3ccc(OC)cc3c2C)C1. The van der Waals surface area contributed by atoms with Gasteiger partial charge in [0.25, 0.3) is 5.91 Å². The molecule has 1 fully saturated rings. The number of thiophene rings is 1. The van der Waals surface area contributed by atoms with Crippen LogP contribution in [0.25, 0.3) is 10.1 Å². The quantitative estimate of drug-likeness (QED) is 0.934. The highest BCUT2D eigenvalue weighted by molar-refractivity contribution is 7.21. The molecule has 4 nitrogen and oxygen atoms in total. The summed E-state index contributed by atoms with van der Waals surface area (Å²) >= 11 is 1.60. The molecule has 0 radical (unpaired) electrons. The summed E-state index contributed by atoms with van der Waals surface area (Å²) in [6.45, 7) is 4.75. The molecule has 0 aliphatic carbocycles. The molecule has 1 aliphatic rings. The van der Waals surface area contributed by atoms with Crippen LogP contribution in [0.4, 0.5) is 0 Å². The number of benzene rings is 1. The van der Waals surface area contributed by atoms with E-state index < -0.39 is 0 Å². The number of aryl methyl sites for hydroxylation is 1. The van der Waals surface area contributed by atoms with E-state index in [0.717, 1.165) is 52.3 Å². The Morgan fingerprint density at radius 2 is 2.30 bits per heavy atom. The minimum Gasteiger partial charge on any atom is -0.497 e. The van der Waals surface area contributed by atoms with Crippen LogP contribution >= 0.6 is 11.3 Å². The van der Waals surface area contributed by atoms with Crippen molar-refractivity contribution in [3.8, 4) is 5.75 Å². The average molecular weight is 332 g/mol. The summed E-state index contributed by atoms with van der Waals surface area (Å²) in [6.07, 6.45) is 2.29. The third kappa shape index (κ3) is 3.21. The lowest BCUT2D eigenvalue weighted by Gasteiger charge is -2.32. The largest absolute Gasteiger partial charge is 0.497 e. The first-order valence-corrected chi connectivity index (χ1v) is 8.96. The van der Waals surface area contributed by atoms with Crippen LogP contribution in [0, 0.1) is 12.8 Å². The Hall–Kier alpha value is -1.59. The van der Waals surface area contributed by atoms with Gasteiger partial charge < -0.3 is 15.0 Å². The molecule has 23 heavy (non-hydrogen) atoms. The molecule has 1 unspecified atom stereocenters. The van der Waals surface area contributed by atoms with Crippen molar-refractivity contribution in [2.24, 2.45) is 5.92 Å². The zero-order chi connectivity index (χ0) is 16.4. The molecule has 2 heterocycles. The minimum absolute atomic E-state index is 0.184. The average Bonchev–Trinajstić information content (AvgIpc) is 2.91. The maximum Gasteiger partial charge on any atom is 0.264 e. The third-order valence-electron chi connectivity index (χ3n) is 4.64. The number of rotatable bonds is 4. The highest BCUT2D eigenvalue weighted by Gasteiger charge is 2.26. The maximum absolute atomic E-state index is 13.0. The molecule has 0 saturated carbocycles. The molecule has 0 spiro atoms. The summed E-state index contributed by atoms with van der Waals surface area (Å²) < 4.78 is 6.46. The zero-order valence-electron chi connectivity index (χ0n) is 14.0. The Kier molecular flexibility index (Phi) is 4.87. The van der Waals surface area contributed by atoms with E-state index in [1.807, 2.05) is 37.1 Å². The maximum atomic E-state index is 13.0. The third-order valence-corrected chi connectivity index (χ3v) is 5.90. The molecular formula is C18H24N2O2S. The lowest BCUT2D eigenvalue weighted by Crippen LogP contribution is -2.42. The van der Waals surface area contributed by atoms with E-state index >= 15 is 0 Å². The van der Waals surface area contributed by atoms with Crippen LogP contribution in [-0.2, 0) is 0 Å². The molecule has 5 heteroatoms. The zero-order valence-corrected chi connectivity index (χ0v) is 14.8. The minimum atomic E-state index is 0.184. The molecule has 1 N–H and O–H groups in total. The van der Waals surface area contributed by atoms with E-state index in [4.69, 9.17) is 4.74 Å². The number of piperidine rings is 1. The van der Waals surface area contributed by atoms with Gasteiger partial charge in [0.15, 0.2) is 0 Å². The Bertz CT molecular complexity index is 708. The van der Waals surface area contributed by atoms with E-state index in [2.05, 4.69) is 5.32 Å². The number of nitrogens with one attached hydrogen (secondary N) is 1. The van der Waals surface area contributed by atoms with E-state index in [9.17, 15) is 4.79 Å². The number of hydrogen-bond donors (Lipinski definition) is 1. The number of hydrogen-bond acceptors (Lipinski definition) is 4. The number of carbonyl (C=O) groups is 1. The number of likely N-dealkylation sites (tertiary alicyclic amines) is 1.